The molecule has 0 spiro atoms. The first kappa shape index (κ1) is 68.8. The molecular formula is C60H119NO8P+. The van der Waals surface area contributed by atoms with Crippen LogP contribution in [0.3, 0.4) is 0 Å². The maximum atomic E-state index is 12.7. The summed E-state index contributed by atoms with van der Waals surface area (Å²) < 4.78 is 34.3. The molecule has 0 radical (unpaired) electrons. The first-order chi connectivity index (χ1) is 34.0. The number of rotatable bonds is 57. The number of quaternary nitrogens is 1. The minimum Gasteiger partial charge on any atom is -0.462 e. The Kier molecular flexibility index (Phi) is 51.7. The Morgan fingerprint density at radius 3 is 1.06 bits per heavy atom. The van der Waals surface area contributed by atoms with Gasteiger partial charge in [0.1, 0.15) is 19.8 Å². The number of esters is 2. The molecule has 0 aromatic rings. The van der Waals surface area contributed by atoms with E-state index < -0.39 is 26.5 Å². The SMILES string of the molecule is CCCCCCCCCC/C=C\CCCCCCCCCCCCCCCCCCCCCCCCCCCCCC(=O)OC(COC(=O)CCCCCCCCC)COP(=O)(O)OCC[N+](C)(C)C. The van der Waals surface area contributed by atoms with Gasteiger partial charge in [-0.3, -0.25) is 18.6 Å². The highest BCUT2D eigenvalue weighted by Gasteiger charge is 2.27. The van der Waals surface area contributed by atoms with Crippen LogP contribution in [-0.4, -0.2) is 74.9 Å². The fraction of sp³-hybridized carbons (Fsp3) is 0.933. The molecule has 2 atom stereocenters. The van der Waals surface area contributed by atoms with Gasteiger partial charge in [0.05, 0.1) is 27.7 Å². The van der Waals surface area contributed by atoms with E-state index in [4.69, 9.17) is 18.5 Å². The van der Waals surface area contributed by atoms with E-state index in [-0.39, 0.29) is 25.6 Å². The second kappa shape index (κ2) is 52.6. The Balaban J connectivity index is 3.73. The second-order valence-corrected chi connectivity index (χ2v) is 23.6. The van der Waals surface area contributed by atoms with E-state index in [0.717, 1.165) is 38.5 Å². The molecule has 0 aromatic carbocycles. The standard InChI is InChI=1S/C60H118NO8P/c1-6-8-10-12-14-15-16-17-18-19-20-21-22-23-24-25-26-27-28-29-30-31-32-33-34-35-36-37-38-39-40-41-42-43-44-45-47-49-51-53-60(63)69-58(57-68-70(64,65)67-55-54-61(3,4)5)56-66-59(62)52-50-48-46-13-11-9-7-2/h19-20,58H,6-18,21-57H2,1-5H3/p+1/b20-19-. The van der Waals surface area contributed by atoms with Crippen molar-refractivity contribution in [2.75, 3.05) is 47.5 Å². The lowest BCUT2D eigenvalue weighted by atomic mass is 10.0. The Labute approximate surface area is 435 Å². The smallest absolute Gasteiger partial charge is 0.462 e. The normalized spacial score (nSPS) is 13.3. The number of phosphoric acid groups is 1. The minimum absolute atomic E-state index is 0.0360. The maximum Gasteiger partial charge on any atom is 0.472 e. The number of carbonyl (C=O) groups excluding carboxylic acids is 2. The molecular weight excluding hydrogens is 894 g/mol. The van der Waals surface area contributed by atoms with Crippen LogP contribution in [0, 0.1) is 0 Å². The van der Waals surface area contributed by atoms with Crippen LogP contribution in [0.4, 0.5) is 0 Å². The fourth-order valence-corrected chi connectivity index (χ4v) is 9.81. The van der Waals surface area contributed by atoms with Gasteiger partial charge in [0, 0.05) is 12.8 Å². The molecule has 416 valence electrons. The summed E-state index contributed by atoms with van der Waals surface area (Å²) >= 11 is 0. The van der Waals surface area contributed by atoms with Gasteiger partial charge in [-0.1, -0.05) is 270 Å². The lowest BCUT2D eigenvalue weighted by Gasteiger charge is -2.24. The van der Waals surface area contributed by atoms with Gasteiger partial charge in [-0.2, -0.15) is 0 Å². The maximum absolute atomic E-state index is 12.7. The van der Waals surface area contributed by atoms with Gasteiger partial charge < -0.3 is 18.9 Å². The largest absolute Gasteiger partial charge is 0.472 e. The predicted octanol–water partition coefficient (Wildman–Crippen LogP) is 18.8. The topological polar surface area (TPSA) is 108 Å². The van der Waals surface area contributed by atoms with Crippen molar-refractivity contribution in [2.24, 2.45) is 0 Å². The van der Waals surface area contributed by atoms with E-state index in [1.165, 1.54) is 244 Å². The van der Waals surface area contributed by atoms with Gasteiger partial charge in [0.2, 0.25) is 0 Å². The van der Waals surface area contributed by atoms with Crippen LogP contribution in [0.15, 0.2) is 12.2 Å². The van der Waals surface area contributed by atoms with Crippen molar-refractivity contribution in [1.29, 1.82) is 0 Å². The molecule has 0 aliphatic heterocycles. The summed E-state index contributed by atoms with van der Waals surface area (Å²) in [4.78, 5) is 35.3. The summed E-state index contributed by atoms with van der Waals surface area (Å²) in [7, 11) is 1.49. The van der Waals surface area contributed by atoms with Crippen LogP contribution in [0.1, 0.15) is 309 Å². The third kappa shape index (κ3) is 56.1. The third-order valence-corrected chi connectivity index (χ3v) is 14.8. The number of allylic oxidation sites excluding steroid dienone is 2. The molecule has 9 nitrogen and oxygen atoms in total. The van der Waals surface area contributed by atoms with Crippen molar-refractivity contribution in [2.45, 2.75) is 315 Å². The van der Waals surface area contributed by atoms with Crippen molar-refractivity contribution >= 4 is 19.8 Å². The van der Waals surface area contributed by atoms with Crippen LogP contribution in [0.25, 0.3) is 0 Å². The van der Waals surface area contributed by atoms with Gasteiger partial charge >= 0.3 is 19.8 Å². The molecule has 1 N–H and O–H groups in total. The second-order valence-electron chi connectivity index (χ2n) is 22.1. The van der Waals surface area contributed by atoms with Crippen molar-refractivity contribution in [3.05, 3.63) is 12.2 Å². The Morgan fingerprint density at radius 2 is 0.729 bits per heavy atom. The molecule has 0 aliphatic rings. The molecule has 0 saturated carbocycles. The summed E-state index contributed by atoms with van der Waals surface area (Å²) in [6.45, 7) is 4.42. The highest BCUT2D eigenvalue weighted by atomic mass is 31.2. The molecule has 70 heavy (non-hydrogen) atoms. The van der Waals surface area contributed by atoms with Crippen molar-refractivity contribution in [3.8, 4) is 0 Å². The molecule has 0 aromatic heterocycles. The van der Waals surface area contributed by atoms with E-state index in [1.54, 1.807) is 0 Å². The molecule has 10 heteroatoms. The van der Waals surface area contributed by atoms with E-state index >= 15 is 0 Å². The van der Waals surface area contributed by atoms with Gasteiger partial charge in [-0.15, -0.1) is 0 Å². The van der Waals surface area contributed by atoms with Gasteiger partial charge in [-0.25, -0.2) is 4.57 Å². The Bertz CT molecular complexity index is 1190. The number of carbonyl (C=O) groups is 2. The van der Waals surface area contributed by atoms with Crippen LogP contribution in [0.5, 0.6) is 0 Å². The number of unbranched alkanes of at least 4 members (excludes halogenated alkanes) is 41. The van der Waals surface area contributed by atoms with E-state index in [2.05, 4.69) is 26.0 Å². The molecule has 0 bridgehead atoms. The Hall–Kier alpha value is -1.25. The van der Waals surface area contributed by atoms with E-state index in [1.807, 2.05) is 21.1 Å². The van der Waals surface area contributed by atoms with Gasteiger partial charge in [0.25, 0.3) is 0 Å². The van der Waals surface area contributed by atoms with Crippen LogP contribution < -0.4 is 0 Å². The average Bonchev–Trinajstić information content (AvgIpc) is 3.32. The number of nitrogens with zero attached hydrogens (tertiary/aromatic N) is 1. The molecule has 0 aliphatic carbocycles. The van der Waals surface area contributed by atoms with Crippen molar-refractivity contribution in [3.63, 3.8) is 0 Å². The van der Waals surface area contributed by atoms with Gasteiger partial charge in [-0.05, 0) is 38.5 Å². The van der Waals surface area contributed by atoms with Gasteiger partial charge in [0.15, 0.2) is 6.10 Å². The molecule has 2 unspecified atom stereocenters. The van der Waals surface area contributed by atoms with Crippen LogP contribution in [0.2, 0.25) is 0 Å². The fourth-order valence-electron chi connectivity index (χ4n) is 9.07. The summed E-state index contributed by atoms with van der Waals surface area (Å²) in [5, 5.41) is 0. The molecule has 0 rings (SSSR count). The number of ether oxygens (including phenoxy) is 2. The summed E-state index contributed by atoms with van der Waals surface area (Å²) in [6, 6.07) is 0. The lowest BCUT2D eigenvalue weighted by Crippen LogP contribution is -2.37. The summed E-state index contributed by atoms with van der Waals surface area (Å²) in [5.41, 5.74) is 0. The highest BCUT2D eigenvalue weighted by Crippen LogP contribution is 2.43. The van der Waals surface area contributed by atoms with Crippen LogP contribution in [-0.2, 0) is 32.7 Å². The third-order valence-electron chi connectivity index (χ3n) is 13.8. The highest BCUT2D eigenvalue weighted by molar-refractivity contribution is 7.47. The lowest BCUT2D eigenvalue weighted by molar-refractivity contribution is -0.870. The average molecular weight is 1010 g/mol. The zero-order chi connectivity index (χ0) is 51.3. The minimum atomic E-state index is -4.37. The first-order valence-electron chi connectivity index (χ1n) is 30.4. The number of hydrogen-bond donors (Lipinski definition) is 1. The molecule has 0 fully saturated rings. The van der Waals surface area contributed by atoms with E-state index in [0.29, 0.717) is 17.4 Å². The van der Waals surface area contributed by atoms with Crippen LogP contribution >= 0.6 is 7.82 Å². The quantitative estimate of drug-likeness (QED) is 0.0211. The number of phosphoric ester groups is 1. The molecule has 0 saturated heterocycles. The molecule has 0 heterocycles. The van der Waals surface area contributed by atoms with E-state index in [9.17, 15) is 19.0 Å². The number of likely N-dealkylation sites (N-methyl/N-ethyl adjacent to an activating group) is 1. The predicted molar refractivity (Wildman–Crippen MR) is 298 cm³/mol. The van der Waals surface area contributed by atoms with Crippen molar-refractivity contribution < 1.29 is 42.1 Å². The zero-order valence-electron chi connectivity index (χ0n) is 47.3. The first-order valence-corrected chi connectivity index (χ1v) is 31.9. The monoisotopic (exact) mass is 1010 g/mol. The van der Waals surface area contributed by atoms with Crippen molar-refractivity contribution in [1.82, 2.24) is 0 Å². The summed E-state index contributed by atoms with van der Waals surface area (Å²) in [5.74, 6) is -0.789. The molecule has 0 amide bonds. The number of hydrogen-bond acceptors (Lipinski definition) is 7. The summed E-state index contributed by atoms with van der Waals surface area (Å²) in [6.07, 6.45) is 62.2. The Morgan fingerprint density at radius 1 is 0.429 bits per heavy atom. The zero-order valence-corrected chi connectivity index (χ0v) is 48.2.